The SMILES string of the molecule is CCCn1nc(C(=O)OCC(=O)NCCOc2cccc(C)c2)ccc1=O. The summed E-state index contributed by atoms with van der Waals surface area (Å²) in [6.45, 7) is 4.41. The Bertz CT molecular complexity index is 847. The summed E-state index contributed by atoms with van der Waals surface area (Å²) < 4.78 is 11.6. The fourth-order valence-corrected chi connectivity index (χ4v) is 2.25. The Hall–Kier alpha value is -3.16. The number of aromatic nitrogens is 2. The average Bonchev–Trinajstić information content (AvgIpc) is 2.65. The second-order valence-corrected chi connectivity index (χ2v) is 5.87. The van der Waals surface area contributed by atoms with Crippen LogP contribution in [0.2, 0.25) is 0 Å². The van der Waals surface area contributed by atoms with E-state index in [9.17, 15) is 14.4 Å². The second-order valence-electron chi connectivity index (χ2n) is 5.87. The van der Waals surface area contributed by atoms with Gasteiger partial charge in [0.2, 0.25) is 0 Å². The van der Waals surface area contributed by atoms with Crippen LogP contribution in [-0.4, -0.2) is 41.4 Å². The molecule has 2 aromatic rings. The van der Waals surface area contributed by atoms with Crippen molar-refractivity contribution >= 4 is 11.9 Å². The summed E-state index contributed by atoms with van der Waals surface area (Å²) in [6, 6.07) is 10.1. The smallest absolute Gasteiger partial charge is 0.359 e. The number of nitrogens with one attached hydrogen (secondary N) is 1. The number of amides is 1. The Kier molecular flexibility index (Phi) is 7.54. The molecule has 0 aliphatic heterocycles. The Labute approximate surface area is 157 Å². The molecule has 1 aromatic carbocycles. The van der Waals surface area contributed by atoms with E-state index in [1.165, 1.54) is 16.8 Å². The van der Waals surface area contributed by atoms with Crippen LogP contribution in [0.4, 0.5) is 0 Å². The number of esters is 1. The van der Waals surface area contributed by atoms with E-state index in [1.54, 1.807) is 0 Å². The van der Waals surface area contributed by atoms with Crippen LogP contribution in [0.15, 0.2) is 41.2 Å². The van der Waals surface area contributed by atoms with Crippen LogP contribution in [0.1, 0.15) is 29.4 Å². The lowest BCUT2D eigenvalue weighted by Gasteiger charge is -2.09. The molecule has 2 rings (SSSR count). The first-order valence-electron chi connectivity index (χ1n) is 8.71. The number of hydrogen-bond donors (Lipinski definition) is 1. The number of benzene rings is 1. The summed E-state index contributed by atoms with van der Waals surface area (Å²) in [7, 11) is 0. The summed E-state index contributed by atoms with van der Waals surface area (Å²) in [4.78, 5) is 35.3. The van der Waals surface area contributed by atoms with Crippen molar-refractivity contribution in [3.63, 3.8) is 0 Å². The molecule has 0 aliphatic carbocycles. The van der Waals surface area contributed by atoms with Gasteiger partial charge in [-0.05, 0) is 37.1 Å². The number of rotatable bonds is 9. The molecule has 0 atom stereocenters. The maximum Gasteiger partial charge on any atom is 0.359 e. The molecule has 0 aliphatic rings. The lowest BCUT2D eigenvalue weighted by atomic mass is 10.2. The molecule has 0 unspecified atom stereocenters. The van der Waals surface area contributed by atoms with Crippen LogP contribution in [0.3, 0.4) is 0 Å². The second kappa shape index (κ2) is 10.1. The summed E-state index contributed by atoms with van der Waals surface area (Å²) in [5.74, 6) is -0.479. The van der Waals surface area contributed by atoms with Crippen molar-refractivity contribution in [2.24, 2.45) is 0 Å². The van der Waals surface area contributed by atoms with Gasteiger partial charge >= 0.3 is 5.97 Å². The number of aryl methyl sites for hydroxylation is 2. The minimum absolute atomic E-state index is 0.0152. The highest BCUT2D eigenvalue weighted by Crippen LogP contribution is 2.11. The third-order valence-electron chi connectivity index (χ3n) is 3.53. The van der Waals surface area contributed by atoms with Crippen LogP contribution in [0.25, 0.3) is 0 Å². The maximum atomic E-state index is 12.0. The van der Waals surface area contributed by atoms with E-state index in [0.29, 0.717) is 19.6 Å². The third kappa shape index (κ3) is 6.58. The zero-order chi connectivity index (χ0) is 19.6. The molecule has 1 N–H and O–H groups in total. The van der Waals surface area contributed by atoms with Crippen molar-refractivity contribution < 1.29 is 19.1 Å². The summed E-state index contributed by atoms with van der Waals surface area (Å²) in [5, 5.41) is 6.53. The minimum Gasteiger partial charge on any atom is -0.492 e. The van der Waals surface area contributed by atoms with E-state index >= 15 is 0 Å². The van der Waals surface area contributed by atoms with Crippen molar-refractivity contribution in [3.8, 4) is 5.75 Å². The standard InChI is InChI=1S/C19H23N3O5/c1-3-10-22-18(24)8-7-16(21-22)19(25)27-13-17(23)20-9-11-26-15-6-4-5-14(2)12-15/h4-8,12H,3,9-11,13H2,1-2H3,(H,20,23). The van der Waals surface area contributed by atoms with E-state index in [-0.39, 0.29) is 17.8 Å². The van der Waals surface area contributed by atoms with Gasteiger partial charge in [-0.3, -0.25) is 9.59 Å². The largest absolute Gasteiger partial charge is 0.492 e. The zero-order valence-electron chi connectivity index (χ0n) is 15.4. The quantitative estimate of drug-likeness (QED) is 0.526. The van der Waals surface area contributed by atoms with Gasteiger partial charge in [0.05, 0.1) is 6.54 Å². The van der Waals surface area contributed by atoms with Gasteiger partial charge in [-0.2, -0.15) is 5.10 Å². The van der Waals surface area contributed by atoms with Gasteiger partial charge in [-0.25, -0.2) is 9.48 Å². The number of ether oxygens (including phenoxy) is 2. The van der Waals surface area contributed by atoms with Crippen molar-refractivity contribution in [3.05, 3.63) is 58.0 Å². The summed E-state index contributed by atoms with van der Waals surface area (Å²) in [5.41, 5.74) is 0.778. The fraction of sp³-hybridized carbons (Fsp3) is 0.368. The van der Waals surface area contributed by atoms with Crippen LogP contribution in [0, 0.1) is 6.92 Å². The average molecular weight is 373 g/mol. The molecule has 0 spiro atoms. The first kappa shape index (κ1) is 20.2. The van der Waals surface area contributed by atoms with Gasteiger partial charge in [-0.15, -0.1) is 0 Å². The van der Waals surface area contributed by atoms with Gasteiger partial charge < -0.3 is 14.8 Å². The van der Waals surface area contributed by atoms with Crippen LogP contribution >= 0.6 is 0 Å². The zero-order valence-corrected chi connectivity index (χ0v) is 15.4. The predicted molar refractivity (Wildman–Crippen MR) is 98.8 cm³/mol. The first-order chi connectivity index (χ1) is 13.0. The normalized spacial score (nSPS) is 10.3. The van der Waals surface area contributed by atoms with E-state index in [4.69, 9.17) is 9.47 Å². The van der Waals surface area contributed by atoms with Crippen molar-refractivity contribution in [2.75, 3.05) is 19.8 Å². The molecule has 8 nitrogen and oxygen atoms in total. The number of carbonyl (C=O) groups is 2. The predicted octanol–water partition coefficient (Wildman–Crippen LogP) is 1.31. The van der Waals surface area contributed by atoms with Crippen molar-refractivity contribution in [2.45, 2.75) is 26.8 Å². The minimum atomic E-state index is -0.758. The molecule has 0 bridgehead atoms. The van der Waals surface area contributed by atoms with E-state index in [1.807, 2.05) is 38.1 Å². The summed E-state index contributed by atoms with van der Waals surface area (Å²) in [6.07, 6.45) is 0.707. The molecule has 1 heterocycles. The monoisotopic (exact) mass is 373 g/mol. The van der Waals surface area contributed by atoms with Gasteiger partial charge in [0.25, 0.3) is 11.5 Å². The molecule has 0 saturated heterocycles. The number of nitrogens with zero attached hydrogens (tertiary/aromatic N) is 2. The Balaban J connectivity index is 1.72. The number of carbonyl (C=O) groups excluding carboxylic acids is 2. The van der Waals surface area contributed by atoms with Gasteiger partial charge in [0.1, 0.15) is 12.4 Å². The highest BCUT2D eigenvalue weighted by atomic mass is 16.5. The molecule has 1 amide bonds. The topological polar surface area (TPSA) is 99.5 Å². The first-order valence-corrected chi connectivity index (χ1v) is 8.71. The van der Waals surface area contributed by atoms with Crippen LogP contribution < -0.4 is 15.6 Å². The Morgan fingerprint density at radius 2 is 2.04 bits per heavy atom. The lowest BCUT2D eigenvalue weighted by Crippen LogP contribution is -2.32. The highest BCUT2D eigenvalue weighted by Gasteiger charge is 2.13. The molecule has 0 radical (unpaired) electrons. The molecular formula is C19H23N3O5. The Morgan fingerprint density at radius 3 is 2.78 bits per heavy atom. The van der Waals surface area contributed by atoms with Crippen molar-refractivity contribution in [1.82, 2.24) is 15.1 Å². The van der Waals surface area contributed by atoms with Crippen LogP contribution in [-0.2, 0) is 16.1 Å². The summed E-state index contributed by atoms with van der Waals surface area (Å²) >= 11 is 0. The van der Waals surface area contributed by atoms with Gasteiger partial charge in [0.15, 0.2) is 12.3 Å². The number of hydrogen-bond acceptors (Lipinski definition) is 6. The van der Waals surface area contributed by atoms with Gasteiger partial charge in [0, 0.05) is 12.6 Å². The molecule has 144 valence electrons. The molecule has 8 heteroatoms. The lowest BCUT2D eigenvalue weighted by molar-refractivity contribution is -0.124. The molecule has 27 heavy (non-hydrogen) atoms. The molecule has 1 aromatic heterocycles. The Morgan fingerprint density at radius 1 is 1.22 bits per heavy atom. The van der Waals surface area contributed by atoms with Gasteiger partial charge in [-0.1, -0.05) is 19.1 Å². The third-order valence-corrected chi connectivity index (χ3v) is 3.53. The van der Waals surface area contributed by atoms with E-state index in [0.717, 1.165) is 11.3 Å². The molecular weight excluding hydrogens is 350 g/mol. The van der Waals surface area contributed by atoms with E-state index in [2.05, 4.69) is 10.4 Å². The molecule has 0 saturated carbocycles. The highest BCUT2D eigenvalue weighted by molar-refractivity contribution is 5.89. The fourth-order valence-electron chi connectivity index (χ4n) is 2.25. The maximum absolute atomic E-state index is 12.0. The van der Waals surface area contributed by atoms with E-state index < -0.39 is 18.5 Å². The van der Waals surface area contributed by atoms with Crippen LogP contribution in [0.5, 0.6) is 5.75 Å². The van der Waals surface area contributed by atoms with Crippen molar-refractivity contribution in [1.29, 1.82) is 0 Å². The molecule has 0 fully saturated rings.